The molecule has 0 amide bonds. The number of aromatic hydroxyl groups is 1. The summed E-state index contributed by atoms with van der Waals surface area (Å²) in [6.45, 7) is 1.66. The van der Waals surface area contributed by atoms with Crippen molar-refractivity contribution in [2.45, 2.75) is 18.0 Å². The number of phenols is 1. The van der Waals surface area contributed by atoms with E-state index in [-0.39, 0.29) is 22.0 Å². The lowest BCUT2D eigenvalue weighted by Gasteiger charge is -2.09. The minimum atomic E-state index is -4.67. The summed E-state index contributed by atoms with van der Waals surface area (Å²) in [6, 6.07) is 10.3. The molecule has 0 aliphatic carbocycles. The minimum absolute atomic E-state index is 0.0709. The highest BCUT2D eigenvalue weighted by Crippen LogP contribution is 2.34. The highest BCUT2D eigenvalue weighted by Gasteiger charge is 2.35. The molecule has 3 rings (SSSR count). The Hall–Kier alpha value is -2.85. The second-order valence-corrected chi connectivity index (χ2v) is 7.43. The first kappa shape index (κ1) is 18.9. The number of nitrogens with two attached hydrogens (primary N) is 1. The van der Waals surface area contributed by atoms with Crippen LogP contribution < -0.4 is 5.14 Å². The van der Waals surface area contributed by atoms with E-state index in [0.717, 1.165) is 10.7 Å². The molecular formula is C17H14F3N3O3S. The van der Waals surface area contributed by atoms with Crippen LogP contribution in [-0.2, 0) is 16.2 Å². The Balaban J connectivity index is 2.19. The van der Waals surface area contributed by atoms with E-state index in [4.69, 9.17) is 5.14 Å². The number of aryl methyl sites for hydroxylation is 1. The molecule has 0 aliphatic rings. The Labute approximate surface area is 152 Å². The molecule has 1 aromatic heterocycles. The van der Waals surface area contributed by atoms with E-state index in [0.29, 0.717) is 11.1 Å². The molecule has 1 heterocycles. The number of nitrogens with zero attached hydrogens (tertiary/aromatic N) is 2. The van der Waals surface area contributed by atoms with Gasteiger partial charge in [-0.1, -0.05) is 12.1 Å². The predicted molar refractivity (Wildman–Crippen MR) is 91.8 cm³/mol. The van der Waals surface area contributed by atoms with E-state index in [1.807, 2.05) is 0 Å². The van der Waals surface area contributed by atoms with Crippen molar-refractivity contribution in [1.29, 1.82) is 0 Å². The number of phenolic OH excluding ortho intramolecular Hbond substituents is 1. The molecule has 2 aromatic carbocycles. The van der Waals surface area contributed by atoms with Gasteiger partial charge in [0.1, 0.15) is 5.75 Å². The molecule has 142 valence electrons. The Bertz CT molecular complexity index is 1100. The molecule has 27 heavy (non-hydrogen) atoms. The van der Waals surface area contributed by atoms with Gasteiger partial charge >= 0.3 is 6.18 Å². The van der Waals surface area contributed by atoms with Crippen molar-refractivity contribution in [3.8, 4) is 22.7 Å². The van der Waals surface area contributed by atoms with E-state index < -0.39 is 21.9 Å². The Morgan fingerprint density at radius 2 is 1.70 bits per heavy atom. The third-order valence-corrected chi connectivity index (χ3v) is 4.84. The number of halogens is 3. The lowest BCUT2D eigenvalue weighted by molar-refractivity contribution is -0.141. The standard InChI is InChI=1S/C17H14F3N3O3S/c1-10-2-3-11(8-15(10)24)14-9-16(17(18,19)20)22-23(14)12-4-6-13(7-5-12)27(21,25)26/h2-9,24H,1H3,(H2,21,25,26). The van der Waals surface area contributed by atoms with E-state index >= 15 is 0 Å². The molecular weight excluding hydrogens is 383 g/mol. The fraction of sp³-hybridized carbons (Fsp3) is 0.118. The summed E-state index contributed by atoms with van der Waals surface area (Å²) < 4.78 is 63.2. The summed E-state index contributed by atoms with van der Waals surface area (Å²) in [4.78, 5) is -0.177. The zero-order valence-electron chi connectivity index (χ0n) is 13.9. The molecule has 0 saturated carbocycles. The van der Waals surface area contributed by atoms with Crippen LogP contribution in [0.3, 0.4) is 0 Å². The zero-order chi connectivity index (χ0) is 20.0. The first-order valence-electron chi connectivity index (χ1n) is 7.57. The summed E-state index contributed by atoms with van der Waals surface area (Å²) >= 11 is 0. The third-order valence-electron chi connectivity index (χ3n) is 3.91. The van der Waals surface area contributed by atoms with E-state index in [2.05, 4.69) is 5.10 Å². The molecule has 10 heteroatoms. The van der Waals surface area contributed by atoms with Gasteiger partial charge in [0.25, 0.3) is 0 Å². The van der Waals surface area contributed by atoms with Gasteiger partial charge in [0.2, 0.25) is 10.0 Å². The highest BCUT2D eigenvalue weighted by atomic mass is 32.2. The quantitative estimate of drug-likeness (QED) is 0.709. The molecule has 6 nitrogen and oxygen atoms in total. The number of sulfonamides is 1. The average molecular weight is 397 g/mol. The lowest BCUT2D eigenvalue weighted by atomic mass is 10.1. The van der Waals surface area contributed by atoms with Crippen molar-refractivity contribution < 1.29 is 26.7 Å². The normalized spacial score (nSPS) is 12.3. The fourth-order valence-corrected chi connectivity index (χ4v) is 2.98. The van der Waals surface area contributed by atoms with Crippen LogP contribution in [-0.4, -0.2) is 23.3 Å². The van der Waals surface area contributed by atoms with Crippen LogP contribution in [0, 0.1) is 6.92 Å². The van der Waals surface area contributed by atoms with Gasteiger partial charge in [0.05, 0.1) is 16.3 Å². The number of aromatic nitrogens is 2. The lowest BCUT2D eigenvalue weighted by Crippen LogP contribution is -2.12. The van der Waals surface area contributed by atoms with Crippen molar-refractivity contribution in [2.24, 2.45) is 5.14 Å². The van der Waals surface area contributed by atoms with Crippen molar-refractivity contribution in [2.75, 3.05) is 0 Å². The van der Waals surface area contributed by atoms with Gasteiger partial charge in [0, 0.05) is 5.56 Å². The second kappa shape index (κ2) is 6.39. The molecule has 0 atom stereocenters. The van der Waals surface area contributed by atoms with Gasteiger partial charge in [0.15, 0.2) is 5.69 Å². The summed E-state index contributed by atoms with van der Waals surface area (Å²) in [7, 11) is -3.94. The van der Waals surface area contributed by atoms with Crippen LogP contribution in [0.5, 0.6) is 5.75 Å². The van der Waals surface area contributed by atoms with Crippen LogP contribution in [0.15, 0.2) is 53.4 Å². The van der Waals surface area contributed by atoms with Crippen LogP contribution in [0.1, 0.15) is 11.3 Å². The first-order valence-corrected chi connectivity index (χ1v) is 9.12. The SMILES string of the molecule is Cc1ccc(-c2cc(C(F)(F)F)nn2-c2ccc(S(N)(=O)=O)cc2)cc1O. The molecule has 3 aromatic rings. The summed E-state index contributed by atoms with van der Waals surface area (Å²) in [6.07, 6.45) is -4.67. The number of rotatable bonds is 3. The third kappa shape index (κ3) is 3.81. The van der Waals surface area contributed by atoms with Gasteiger partial charge in [-0.05, 0) is 48.9 Å². The molecule has 3 N–H and O–H groups in total. The van der Waals surface area contributed by atoms with Crippen LogP contribution in [0.2, 0.25) is 0 Å². The maximum Gasteiger partial charge on any atom is 0.435 e. The number of hydrogen-bond acceptors (Lipinski definition) is 4. The molecule has 0 spiro atoms. The zero-order valence-corrected chi connectivity index (χ0v) is 14.7. The summed E-state index contributed by atoms with van der Waals surface area (Å²) in [5.41, 5.74) is 0.0528. The molecule has 0 bridgehead atoms. The maximum absolute atomic E-state index is 13.2. The molecule has 0 aliphatic heterocycles. The van der Waals surface area contributed by atoms with Gasteiger partial charge < -0.3 is 5.11 Å². The minimum Gasteiger partial charge on any atom is -0.508 e. The Kier molecular flexibility index (Phi) is 4.48. The summed E-state index contributed by atoms with van der Waals surface area (Å²) in [5.74, 6) is -0.0709. The van der Waals surface area contributed by atoms with E-state index in [9.17, 15) is 26.7 Å². The average Bonchev–Trinajstić information content (AvgIpc) is 3.02. The number of benzene rings is 2. The smallest absolute Gasteiger partial charge is 0.435 e. The number of alkyl halides is 3. The Morgan fingerprint density at radius 1 is 1.07 bits per heavy atom. The Morgan fingerprint density at radius 3 is 2.22 bits per heavy atom. The molecule has 0 saturated heterocycles. The largest absolute Gasteiger partial charge is 0.508 e. The molecule has 0 fully saturated rings. The van der Waals surface area contributed by atoms with E-state index in [1.165, 1.54) is 30.3 Å². The predicted octanol–water partition coefficient (Wildman–Crippen LogP) is 3.22. The monoisotopic (exact) mass is 397 g/mol. The van der Waals surface area contributed by atoms with Crippen molar-refractivity contribution in [3.05, 3.63) is 59.8 Å². The van der Waals surface area contributed by atoms with Gasteiger partial charge in [-0.3, -0.25) is 0 Å². The van der Waals surface area contributed by atoms with Crippen molar-refractivity contribution in [3.63, 3.8) is 0 Å². The van der Waals surface area contributed by atoms with Gasteiger partial charge in [-0.2, -0.15) is 18.3 Å². The molecule has 0 radical (unpaired) electrons. The van der Waals surface area contributed by atoms with E-state index in [1.54, 1.807) is 19.1 Å². The van der Waals surface area contributed by atoms with Gasteiger partial charge in [-0.15, -0.1) is 0 Å². The maximum atomic E-state index is 13.2. The fourth-order valence-electron chi connectivity index (χ4n) is 2.47. The number of hydrogen-bond donors (Lipinski definition) is 2. The van der Waals surface area contributed by atoms with Crippen molar-refractivity contribution >= 4 is 10.0 Å². The molecule has 0 unspecified atom stereocenters. The highest BCUT2D eigenvalue weighted by molar-refractivity contribution is 7.89. The van der Waals surface area contributed by atoms with Gasteiger partial charge in [-0.25, -0.2) is 18.2 Å². The van der Waals surface area contributed by atoms with Crippen molar-refractivity contribution in [1.82, 2.24) is 9.78 Å². The van der Waals surface area contributed by atoms with Crippen LogP contribution in [0.25, 0.3) is 16.9 Å². The van der Waals surface area contributed by atoms with Crippen LogP contribution >= 0.6 is 0 Å². The first-order chi connectivity index (χ1) is 12.5. The second-order valence-electron chi connectivity index (χ2n) is 5.86. The summed E-state index contributed by atoms with van der Waals surface area (Å²) in [5, 5.41) is 18.5. The number of primary sulfonamides is 1. The van der Waals surface area contributed by atoms with Crippen LogP contribution in [0.4, 0.5) is 13.2 Å². The topological polar surface area (TPSA) is 98.2 Å².